The average Bonchev–Trinajstić information content (AvgIpc) is 2.83. The minimum absolute atomic E-state index is 0.187. The fourth-order valence-corrected chi connectivity index (χ4v) is 3.55. The molecule has 3 N–H and O–H groups in total. The lowest BCUT2D eigenvalue weighted by atomic mass is 10.0. The molecular weight excluding hydrogens is 302 g/mol. The van der Waals surface area contributed by atoms with Gasteiger partial charge in [0.25, 0.3) is 5.56 Å². The fraction of sp³-hybridized carbons (Fsp3) is 0.133. The van der Waals surface area contributed by atoms with E-state index < -0.39 is 9.84 Å². The predicted molar refractivity (Wildman–Crippen MR) is 84.8 cm³/mol. The third kappa shape index (κ3) is 1.79. The summed E-state index contributed by atoms with van der Waals surface area (Å²) in [6.45, 7) is 0.571. The van der Waals surface area contributed by atoms with Crippen molar-refractivity contribution in [3.05, 3.63) is 46.5 Å². The second-order valence-corrected chi connectivity index (χ2v) is 7.44. The lowest BCUT2D eigenvalue weighted by molar-refractivity contribution is 0.602. The van der Waals surface area contributed by atoms with Crippen molar-refractivity contribution < 1.29 is 8.42 Å². The van der Waals surface area contributed by atoms with E-state index in [1.807, 2.05) is 0 Å². The number of aromatic amines is 2. The molecule has 1 aliphatic heterocycles. The van der Waals surface area contributed by atoms with Crippen LogP contribution in [0.25, 0.3) is 22.0 Å². The molecule has 3 aromatic rings. The van der Waals surface area contributed by atoms with E-state index in [0.717, 1.165) is 27.8 Å². The first kappa shape index (κ1) is 13.1. The Balaban J connectivity index is 2.12. The van der Waals surface area contributed by atoms with Crippen LogP contribution < -0.4 is 10.9 Å². The molecule has 1 aliphatic rings. The lowest BCUT2D eigenvalue weighted by Gasteiger charge is -2.11. The predicted octanol–water partition coefficient (Wildman–Crippen LogP) is 1.85. The van der Waals surface area contributed by atoms with Gasteiger partial charge in [-0.1, -0.05) is 0 Å². The van der Waals surface area contributed by atoms with E-state index in [-0.39, 0.29) is 10.5 Å². The SMILES string of the molecule is CS(=O)(=O)c1ccc2c(c1)-c1c[nH]c(=O)c3[nH]cc(c13)CN2. The maximum absolute atomic E-state index is 11.9. The van der Waals surface area contributed by atoms with Crippen molar-refractivity contribution in [3.8, 4) is 11.1 Å². The normalized spacial score (nSPS) is 13.5. The molecular formula is C15H13N3O3S. The number of pyridine rings is 1. The van der Waals surface area contributed by atoms with Crippen molar-refractivity contribution in [2.75, 3.05) is 11.6 Å². The summed E-state index contributed by atoms with van der Waals surface area (Å²) in [4.78, 5) is 17.9. The van der Waals surface area contributed by atoms with E-state index in [4.69, 9.17) is 0 Å². The Morgan fingerprint density at radius 1 is 1.09 bits per heavy atom. The molecule has 0 saturated carbocycles. The first-order valence-corrected chi connectivity index (χ1v) is 8.64. The van der Waals surface area contributed by atoms with Crippen LogP contribution in [0.2, 0.25) is 0 Å². The van der Waals surface area contributed by atoms with Gasteiger partial charge in [0.2, 0.25) is 0 Å². The second kappa shape index (κ2) is 4.23. The van der Waals surface area contributed by atoms with E-state index in [1.54, 1.807) is 30.6 Å². The Labute approximate surface area is 126 Å². The van der Waals surface area contributed by atoms with Crippen LogP contribution in [-0.4, -0.2) is 24.6 Å². The van der Waals surface area contributed by atoms with Crippen molar-refractivity contribution in [1.82, 2.24) is 9.97 Å². The molecule has 6 nitrogen and oxygen atoms in total. The number of aromatic nitrogens is 2. The number of nitrogens with one attached hydrogen (secondary N) is 3. The van der Waals surface area contributed by atoms with Crippen molar-refractivity contribution in [3.63, 3.8) is 0 Å². The van der Waals surface area contributed by atoms with Crippen LogP contribution in [0.4, 0.5) is 5.69 Å². The monoisotopic (exact) mass is 315 g/mol. The summed E-state index contributed by atoms with van der Waals surface area (Å²) in [6, 6.07) is 5.00. The summed E-state index contributed by atoms with van der Waals surface area (Å²) in [6.07, 6.45) is 4.63. The Morgan fingerprint density at radius 3 is 2.68 bits per heavy atom. The Hall–Kier alpha value is -2.54. The quantitative estimate of drug-likeness (QED) is 0.639. The summed E-state index contributed by atoms with van der Waals surface area (Å²) in [7, 11) is -3.30. The summed E-state index contributed by atoms with van der Waals surface area (Å²) in [5.74, 6) is 0. The number of anilines is 1. The number of benzene rings is 1. The van der Waals surface area contributed by atoms with E-state index in [0.29, 0.717) is 12.1 Å². The molecule has 22 heavy (non-hydrogen) atoms. The zero-order valence-corrected chi connectivity index (χ0v) is 12.5. The van der Waals surface area contributed by atoms with Gasteiger partial charge in [-0.2, -0.15) is 0 Å². The van der Waals surface area contributed by atoms with Gasteiger partial charge >= 0.3 is 0 Å². The number of hydrogen-bond donors (Lipinski definition) is 3. The van der Waals surface area contributed by atoms with Gasteiger partial charge in [-0.25, -0.2) is 8.42 Å². The van der Waals surface area contributed by atoms with Gasteiger partial charge in [0.1, 0.15) is 5.52 Å². The molecule has 0 saturated heterocycles. The summed E-state index contributed by atoms with van der Waals surface area (Å²) in [5.41, 5.74) is 3.73. The molecule has 4 rings (SSSR count). The molecule has 0 amide bonds. The zero-order chi connectivity index (χ0) is 15.5. The highest BCUT2D eigenvalue weighted by Crippen LogP contribution is 2.38. The number of hydrogen-bond acceptors (Lipinski definition) is 4. The van der Waals surface area contributed by atoms with Gasteiger partial charge in [0.05, 0.1) is 4.90 Å². The summed E-state index contributed by atoms with van der Waals surface area (Å²) in [5, 5.41) is 4.12. The van der Waals surface area contributed by atoms with Crippen LogP contribution in [0.15, 0.2) is 40.3 Å². The number of H-pyrrole nitrogens is 2. The molecule has 0 aliphatic carbocycles. The fourth-order valence-electron chi connectivity index (χ4n) is 2.91. The minimum atomic E-state index is -3.30. The van der Waals surface area contributed by atoms with Crippen molar-refractivity contribution in [1.29, 1.82) is 0 Å². The first-order valence-electron chi connectivity index (χ1n) is 6.75. The molecule has 0 atom stereocenters. The van der Waals surface area contributed by atoms with Crippen LogP contribution in [0.5, 0.6) is 0 Å². The molecule has 0 unspecified atom stereocenters. The molecule has 0 fully saturated rings. The van der Waals surface area contributed by atoms with Gasteiger partial charge < -0.3 is 15.3 Å². The third-order valence-corrected chi connectivity index (χ3v) is 5.09. The van der Waals surface area contributed by atoms with Crippen molar-refractivity contribution >= 4 is 26.4 Å². The average molecular weight is 315 g/mol. The molecule has 2 aromatic heterocycles. The summed E-state index contributed by atoms with van der Waals surface area (Å²) >= 11 is 0. The largest absolute Gasteiger partial charge is 0.380 e. The van der Waals surface area contributed by atoms with Crippen LogP contribution in [-0.2, 0) is 16.4 Å². The highest BCUT2D eigenvalue weighted by molar-refractivity contribution is 7.90. The first-order chi connectivity index (χ1) is 10.4. The Morgan fingerprint density at radius 2 is 1.91 bits per heavy atom. The summed E-state index contributed by atoms with van der Waals surface area (Å²) < 4.78 is 23.6. The van der Waals surface area contributed by atoms with Crippen molar-refractivity contribution in [2.45, 2.75) is 11.4 Å². The van der Waals surface area contributed by atoms with Gasteiger partial charge in [0.15, 0.2) is 9.84 Å². The molecule has 7 heteroatoms. The number of sulfone groups is 1. The Kier molecular flexibility index (Phi) is 2.53. The van der Waals surface area contributed by atoms with Gasteiger partial charge in [-0.05, 0) is 23.8 Å². The molecule has 112 valence electrons. The van der Waals surface area contributed by atoms with Crippen LogP contribution in [0, 0.1) is 0 Å². The molecule has 0 radical (unpaired) electrons. The van der Waals surface area contributed by atoms with E-state index in [9.17, 15) is 13.2 Å². The minimum Gasteiger partial charge on any atom is -0.380 e. The highest BCUT2D eigenvalue weighted by atomic mass is 32.2. The van der Waals surface area contributed by atoms with E-state index in [2.05, 4.69) is 15.3 Å². The zero-order valence-electron chi connectivity index (χ0n) is 11.7. The maximum atomic E-state index is 11.9. The molecule has 0 spiro atoms. The van der Waals surface area contributed by atoms with Gasteiger partial charge in [0, 0.05) is 47.4 Å². The van der Waals surface area contributed by atoms with Crippen LogP contribution >= 0.6 is 0 Å². The molecule has 0 bridgehead atoms. The number of fused-ring (bicyclic) bond motifs is 2. The number of rotatable bonds is 1. The molecule has 1 aromatic carbocycles. The third-order valence-electron chi connectivity index (χ3n) is 3.98. The highest BCUT2D eigenvalue weighted by Gasteiger charge is 2.20. The van der Waals surface area contributed by atoms with Crippen LogP contribution in [0.3, 0.4) is 0 Å². The topological polar surface area (TPSA) is 94.8 Å². The van der Waals surface area contributed by atoms with E-state index >= 15 is 0 Å². The smallest absolute Gasteiger partial charge is 0.272 e. The van der Waals surface area contributed by atoms with Gasteiger partial charge in [-0.3, -0.25) is 4.79 Å². The Bertz CT molecular complexity index is 1080. The van der Waals surface area contributed by atoms with Crippen molar-refractivity contribution in [2.24, 2.45) is 0 Å². The lowest BCUT2D eigenvalue weighted by Crippen LogP contribution is -2.06. The molecule has 3 heterocycles. The second-order valence-electron chi connectivity index (χ2n) is 5.43. The van der Waals surface area contributed by atoms with Crippen LogP contribution in [0.1, 0.15) is 5.56 Å². The maximum Gasteiger partial charge on any atom is 0.272 e. The van der Waals surface area contributed by atoms with E-state index in [1.165, 1.54) is 6.26 Å². The van der Waals surface area contributed by atoms with Gasteiger partial charge in [-0.15, -0.1) is 0 Å². The standard InChI is InChI=1S/C15H13N3O3S/c1-22(20,21)9-2-3-12-10(4-9)11-7-18-15(19)14-13(11)8(5-16-12)6-17-14/h2-4,6-7,16-17H,5H2,1H3,(H,18,19).